The zero-order chi connectivity index (χ0) is 24.9. The van der Waals surface area contributed by atoms with Gasteiger partial charge in [-0.1, -0.05) is 38.3 Å². The summed E-state index contributed by atoms with van der Waals surface area (Å²) in [5, 5.41) is 6.34. The first-order valence-corrected chi connectivity index (χ1v) is 11.9. The Bertz CT molecular complexity index is 1140. The molecule has 0 saturated carbocycles. The van der Waals surface area contributed by atoms with Gasteiger partial charge in [-0.05, 0) is 61.9 Å². The number of amides is 1. The summed E-state index contributed by atoms with van der Waals surface area (Å²) in [7, 11) is 1.63. The number of hydrogen-bond acceptors (Lipinski definition) is 4. The predicted octanol–water partition coefficient (Wildman–Crippen LogP) is 6.01. The van der Waals surface area contributed by atoms with Gasteiger partial charge in [-0.15, -0.1) is 0 Å². The normalized spacial score (nSPS) is 11.7. The Hall–Kier alpha value is -4.00. The van der Waals surface area contributed by atoms with E-state index in [1.165, 1.54) is 12.8 Å². The van der Waals surface area contributed by atoms with E-state index in [9.17, 15) is 4.79 Å². The Balaban J connectivity index is 1.83. The lowest BCUT2D eigenvalue weighted by atomic mass is 10.1. The molecule has 3 aromatic rings. The van der Waals surface area contributed by atoms with Crippen molar-refractivity contribution in [2.75, 3.05) is 19.0 Å². The smallest absolute Gasteiger partial charge is 0.253 e. The molecule has 0 radical (unpaired) electrons. The SMILES string of the molecule is CCCCCCNC(=O)c1ccccc1N=C(C)N=C(Nc1ccc(OC)cc1)c1cccnc1. The van der Waals surface area contributed by atoms with E-state index >= 15 is 0 Å². The van der Waals surface area contributed by atoms with Crippen LogP contribution in [0.5, 0.6) is 5.75 Å². The molecule has 0 spiro atoms. The number of ether oxygens (including phenoxy) is 1. The number of carbonyl (C=O) groups excluding carboxylic acids is 1. The minimum atomic E-state index is -0.124. The van der Waals surface area contributed by atoms with Crippen molar-refractivity contribution in [2.24, 2.45) is 9.98 Å². The summed E-state index contributed by atoms with van der Waals surface area (Å²) >= 11 is 0. The van der Waals surface area contributed by atoms with Gasteiger partial charge in [-0.25, -0.2) is 9.98 Å². The molecule has 0 aliphatic heterocycles. The maximum absolute atomic E-state index is 12.8. The Kier molecular flexibility index (Phi) is 9.99. The van der Waals surface area contributed by atoms with Crippen LogP contribution in [0.2, 0.25) is 0 Å². The number of methoxy groups -OCH3 is 1. The van der Waals surface area contributed by atoms with Gasteiger partial charge < -0.3 is 15.4 Å². The standard InChI is InChI=1S/C28H33N5O2/c1-4-5-6-9-19-30-28(34)25-12-7-8-13-26(25)31-21(2)32-27(22-11-10-18-29-20-22)33-23-14-16-24(35-3)17-15-23/h7-8,10-18,20H,4-6,9,19H2,1-3H3,(H,30,34)(H,31,32,33). The number of aliphatic imine (C=N–C) groups is 2. The number of carbonyl (C=O) groups is 1. The lowest BCUT2D eigenvalue weighted by Gasteiger charge is -2.11. The summed E-state index contributed by atoms with van der Waals surface area (Å²) in [4.78, 5) is 26.4. The summed E-state index contributed by atoms with van der Waals surface area (Å²) in [5.74, 6) is 1.75. The summed E-state index contributed by atoms with van der Waals surface area (Å²) in [6.45, 7) is 4.64. The van der Waals surface area contributed by atoms with Crippen molar-refractivity contribution in [3.05, 3.63) is 84.2 Å². The van der Waals surface area contributed by atoms with Gasteiger partial charge in [-0.2, -0.15) is 0 Å². The van der Waals surface area contributed by atoms with Crippen LogP contribution in [0.25, 0.3) is 0 Å². The zero-order valence-corrected chi connectivity index (χ0v) is 20.6. The van der Waals surface area contributed by atoms with Gasteiger partial charge in [0.15, 0.2) is 0 Å². The number of hydrogen-bond donors (Lipinski definition) is 2. The van der Waals surface area contributed by atoms with Crippen molar-refractivity contribution in [1.82, 2.24) is 10.3 Å². The molecule has 0 atom stereocenters. The van der Waals surface area contributed by atoms with Crippen LogP contribution in [-0.4, -0.2) is 36.2 Å². The van der Waals surface area contributed by atoms with Crippen molar-refractivity contribution in [1.29, 1.82) is 0 Å². The molecule has 1 aromatic heterocycles. The fraction of sp³-hybridized carbons (Fsp3) is 0.286. The largest absolute Gasteiger partial charge is 0.497 e. The first-order chi connectivity index (χ1) is 17.1. The summed E-state index contributed by atoms with van der Waals surface area (Å²) < 4.78 is 5.24. The molecule has 0 aliphatic carbocycles. The predicted molar refractivity (Wildman–Crippen MR) is 143 cm³/mol. The molecule has 0 unspecified atom stereocenters. The number of pyridine rings is 1. The number of nitrogens with one attached hydrogen (secondary N) is 2. The average molecular weight is 472 g/mol. The third kappa shape index (κ3) is 8.07. The van der Waals surface area contributed by atoms with E-state index in [1.54, 1.807) is 25.6 Å². The highest BCUT2D eigenvalue weighted by Crippen LogP contribution is 2.20. The number of aromatic nitrogens is 1. The van der Waals surface area contributed by atoms with Gasteiger partial charge in [0.25, 0.3) is 5.91 Å². The molecular formula is C28H33N5O2. The first-order valence-electron chi connectivity index (χ1n) is 11.9. The molecule has 2 N–H and O–H groups in total. The number of nitrogens with zero attached hydrogens (tertiary/aromatic N) is 3. The van der Waals surface area contributed by atoms with Gasteiger partial charge in [0.2, 0.25) is 0 Å². The van der Waals surface area contributed by atoms with Crippen LogP contribution in [0.1, 0.15) is 55.5 Å². The molecule has 0 fully saturated rings. The lowest BCUT2D eigenvalue weighted by molar-refractivity contribution is 0.0953. The van der Waals surface area contributed by atoms with Crippen LogP contribution >= 0.6 is 0 Å². The molecular weight excluding hydrogens is 438 g/mol. The van der Waals surface area contributed by atoms with Crippen molar-refractivity contribution in [3.63, 3.8) is 0 Å². The maximum atomic E-state index is 12.8. The highest BCUT2D eigenvalue weighted by Gasteiger charge is 2.11. The number of unbranched alkanes of at least 4 members (excludes halogenated alkanes) is 3. The van der Waals surface area contributed by atoms with Crippen LogP contribution in [0, 0.1) is 0 Å². The van der Waals surface area contributed by atoms with E-state index in [0.29, 0.717) is 29.5 Å². The molecule has 0 aliphatic rings. The third-order valence-electron chi connectivity index (χ3n) is 5.31. The summed E-state index contributed by atoms with van der Waals surface area (Å²) in [5.41, 5.74) is 2.78. The molecule has 2 aromatic carbocycles. The van der Waals surface area contributed by atoms with Gasteiger partial charge in [0.05, 0.1) is 18.4 Å². The highest BCUT2D eigenvalue weighted by atomic mass is 16.5. The van der Waals surface area contributed by atoms with E-state index in [4.69, 9.17) is 9.73 Å². The zero-order valence-electron chi connectivity index (χ0n) is 20.6. The Morgan fingerprint density at radius 1 is 1.00 bits per heavy atom. The fourth-order valence-electron chi connectivity index (χ4n) is 3.45. The second kappa shape index (κ2) is 13.6. The molecule has 0 saturated heterocycles. The minimum Gasteiger partial charge on any atom is -0.497 e. The van der Waals surface area contributed by atoms with E-state index in [1.807, 2.05) is 61.5 Å². The van der Waals surface area contributed by atoms with Crippen molar-refractivity contribution in [2.45, 2.75) is 39.5 Å². The second-order valence-corrected chi connectivity index (χ2v) is 8.05. The fourth-order valence-corrected chi connectivity index (χ4v) is 3.45. The first kappa shape index (κ1) is 25.6. The molecule has 7 heteroatoms. The Morgan fingerprint density at radius 3 is 2.51 bits per heavy atom. The van der Waals surface area contributed by atoms with Gasteiger partial charge in [0.1, 0.15) is 17.4 Å². The van der Waals surface area contributed by atoms with E-state index in [-0.39, 0.29) is 5.91 Å². The van der Waals surface area contributed by atoms with Crippen LogP contribution in [0.15, 0.2) is 83.0 Å². The second-order valence-electron chi connectivity index (χ2n) is 8.05. The van der Waals surface area contributed by atoms with Crippen molar-refractivity contribution in [3.8, 4) is 5.75 Å². The molecule has 3 rings (SSSR count). The lowest BCUT2D eigenvalue weighted by Crippen LogP contribution is -2.24. The molecule has 1 amide bonds. The topological polar surface area (TPSA) is 88.0 Å². The Labute approximate surface area is 207 Å². The number of para-hydroxylation sites is 1. The summed E-state index contributed by atoms with van der Waals surface area (Å²) in [6, 6.07) is 18.7. The molecule has 182 valence electrons. The monoisotopic (exact) mass is 471 g/mol. The maximum Gasteiger partial charge on any atom is 0.253 e. The summed E-state index contributed by atoms with van der Waals surface area (Å²) in [6.07, 6.45) is 7.88. The van der Waals surface area contributed by atoms with Crippen molar-refractivity contribution >= 4 is 29.0 Å². The van der Waals surface area contributed by atoms with Crippen LogP contribution in [-0.2, 0) is 0 Å². The van der Waals surface area contributed by atoms with Gasteiger partial charge in [-0.3, -0.25) is 9.78 Å². The average Bonchev–Trinajstić information content (AvgIpc) is 2.89. The van der Waals surface area contributed by atoms with Crippen LogP contribution in [0.4, 0.5) is 11.4 Å². The van der Waals surface area contributed by atoms with E-state index in [0.717, 1.165) is 29.8 Å². The van der Waals surface area contributed by atoms with Crippen LogP contribution < -0.4 is 15.4 Å². The quantitative estimate of drug-likeness (QED) is 0.215. The minimum absolute atomic E-state index is 0.124. The molecule has 35 heavy (non-hydrogen) atoms. The van der Waals surface area contributed by atoms with Gasteiger partial charge >= 0.3 is 0 Å². The van der Waals surface area contributed by atoms with Crippen molar-refractivity contribution < 1.29 is 9.53 Å². The van der Waals surface area contributed by atoms with E-state index in [2.05, 4.69) is 27.5 Å². The highest BCUT2D eigenvalue weighted by molar-refractivity contribution is 6.13. The molecule has 1 heterocycles. The Morgan fingerprint density at radius 2 is 1.80 bits per heavy atom. The third-order valence-corrected chi connectivity index (χ3v) is 5.31. The van der Waals surface area contributed by atoms with Gasteiger partial charge in [0, 0.05) is 30.2 Å². The number of benzene rings is 2. The van der Waals surface area contributed by atoms with Crippen LogP contribution in [0.3, 0.4) is 0 Å². The molecule has 0 bridgehead atoms. The number of amidine groups is 2. The van der Waals surface area contributed by atoms with E-state index < -0.39 is 0 Å². The number of rotatable bonds is 10. The number of anilines is 1. The molecule has 7 nitrogen and oxygen atoms in total.